The van der Waals surface area contributed by atoms with Crippen molar-refractivity contribution in [1.82, 2.24) is 20.2 Å². The van der Waals surface area contributed by atoms with Crippen LogP contribution in [-0.2, 0) is 6.42 Å². The van der Waals surface area contributed by atoms with Crippen molar-refractivity contribution in [2.24, 2.45) is 5.10 Å². The third-order valence-electron chi connectivity index (χ3n) is 4.55. The highest BCUT2D eigenvalue weighted by Gasteiger charge is 2.13. The van der Waals surface area contributed by atoms with Gasteiger partial charge in [0.25, 0.3) is 5.56 Å². The normalized spacial score (nSPS) is 10.9. The van der Waals surface area contributed by atoms with Gasteiger partial charge in [-0.1, -0.05) is 49.4 Å². The van der Waals surface area contributed by atoms with Gasteiger partial charge in [-0.25, -0.2) is 10.4 Å². The summed E-state index contributed by atoms with van der Waals surface area (Å²) < 4.78 is 5.63. The summed E-state index contributed by atoms with van der Waals surface area (Å²) in [5.74, 6) is 1.23. The molecule has 0 aliphatic heterocycles. The van der Waals surface area contributed by atoms with E-state index in [9.17, 15) is 10.1 Å². The van der Waals surface area contributed by atoms with Crippen molar-refractivity contribution in [3.8, 4) is 28.8 Å². The highest BCUT2D eigenvalue weighted by atomic mass is 16.4. The van der Waals surface area contributed by atoms with Crippen molar-refractivity contribution < 1.29 is 4.42 Å². The molecule has 4 aromatic rings. The lowest BCUT2D eigenvalue weighted by Gasteiger charge is -2.06. The number of hydrogen-bond acceptors (Lipinski definition) is 8. The minimum atomic E-state index is -0.537. The molecule has 0 amide bonds. The number of H-pyrrole nitrogens is 1. The van der Waals surface area contributed by atoms with E-state index < -0.39 is 5.56 Å². The number of nitrogens with one attached hydrogen (secondary N) is 2. The van der Waals surface area contributed by atoms with E-state index >= 15 is 0 Å². The van der Waals surface area contributed by atoms with Crippen molar-refractivity contribution in [2.45, 2.75) is 19.8 Å². The Morgan fingerprint density at radius 3 is 2.62 bits per heavy atom. The fourth-order valence-corrected chi connectivity index (χ4v) is 3.00. The van der Waals surface area contributed by atoms with Crippen LogP contribution in [-0.4, -0.2) is 26.4 Å². The summed E-state index contributed by atoms with van der Waals surface area (Å²) in [6.45, 7) is 2.05. The lowest BCUT2D eigenvalue weighted by Crippen LogP contribution is -2.16. The van der Waals surface area contributed by atoms with Gasteiger partial charge in [0.15, 0.2) is 0 Å². The summed E-state index contributed by atoms with van der Waals surface area (Å²) in [5, 5.41) is 21.6. The molecule has 0 saturated heterocycles. The van der Waals surface area contributed by atoms with Crippen LogP contribution in [0.2, 0.25) is 0 Å². The topological polar surface area (TPSA) is 133 Å². The van der Waals surface area contributed by atoms with Gasteiger partial charge in [0.2, 0.25) is 17.7 Å². The maximum atomic E-state index is 12.3. The van der Waals surface area contributed by atoms with Crippen molar-refractivity contribution >= 4 is 12.2 Å². The first kappa shape index (κ1) is 20.7. The largest absolute Gasteiger partial charge is 0.421 e. The summed E-state index contributed by atoms with van der Waals surface area (Å²) in [4.78, 5) is 19.2. The number of aryl methyl sites for hydroxylation is 1. The highest BCUT2D eigenvalue weighted by Crippen LogP contribution is 2.20. The van der Waals surface area contributed by atoms with Gasteiger partial charge in [0, 0.05) is 17.5 Å². The van der Waals surface area contributed by atoms with E-state index in [4.69, 9.17) is 4.42 Å². The monoisotopic (exact) mass is 425 g/mol. The van der Waals surface area contributed by atoms with Crippen LogP contribution in [0.4, 0.5) is 5.95 Å². The molecule has 158 valence electrons. The van der Waals surface area contributed by atoms with Crippen LogP contribution in [0.25, 0.3) is 22.7 Å². The Labute approximate surface area is 183 Å². The second kappa shape index (κ2) is 9.49. The fourth-order valence-electron chi connectivity index (χ4n) is 3.00. The van der Waals surface area contributed by atoms with Crippen molar-refractivity contribution in [3.63, 3.8) is 0 Å². The zero-order valence-corrected chi connectivity index (χ0v) is 17.2. The van der Waals surface area contributed by atoms with Crippen LogP contribution in [0.3, 0.4) is 0 Å². The van der Waals surface area contributed by atoms with Gasteiger partial charge < -0.3 is 4.42 Å². The summed E-state index contributed by atoms with van der Waals surface area (Å²) in [7, 11) is 0. The van der Waals surface area contributed by atoms with E-state index in [1.165, 1.54) is 0 Å². The Hall–Kier alpha value is -4.58. The predicted molar refractivity (Wildman–Crippen MR) is 120 cm³/mol. The number of nitriles is 1. The maximum Gasteiger partial charge on any atom is 0.270 e. The van der Waals surface area contributed by atoms with Gasteiger partial charge in [0.05, 0.1) is 11.9 Å². The lowest BCUT2D eigenvalue weighted by atomic mass is 10.1. The average molecular weight is 425 g/mol. The molecule has 0 spiro atoms. The van der Waals surface area contributed by atoms with Gasteiger partial charge in [0.1, 0.15) is 11.6 Å². The molecule has 4 rings (SSSR count). The molecule has 0 atom stereocenters. The number of rotatable bonds is 7. The summed E-state index contributed by atoms with van der Waals surface area (Å²) in [5.41, 5.74) is 4.71. The zero-order chi connectivity index (χ0) is 22.3. The summed E-state index contributed by atoms with van der Waals surface area (Å²) in [6, 6.07) is 18.4. The Morgan fingerprint density at radius 2 is 1.91 bits per heavy atom. The lowest BCUT2D eigenvalue weighted by molar-refractivity contribution is 0.502. The third-order valence-corrected chi connectivity index (χ3v) is 4.55. The maximum absolute atomic E-state index is 12.3. The molecule has 9 nitrogen and oxygen atoms in total. The average Bonchev–Trinajstić information content (AvgIpc) is 3.29. The molecule has 0 saturated carbocycles. The summed E-state index contributed by atoms with van der Waals surface area (Å²) >= 11 is 0. The van der Waals surface area contributed by atoms with Crippen LogP contribution in [0.15, 0.2) is 68.9 Å². The van der Waals surface area contributed by atoms with Crippen LogP contribution in [0, 0.1) is 11.3 Å². The second-order valence-electron chi connectivity index (χ2n) is 6.86. The van der Waals surface area contributed by atoms with E-state index in [0.29, 0.717) is 23.0 Å². The molecule has 0 aliphatic rings. The number of aromatic nitrogens is 4. The number of nitrogens with zero attached hydrogens (tertiary/aromatic N) is 5. The molecule has 32 heavy (non-hydrogen) atoms. The first-order valence-corrected chi connectivity index (χ1v) is 9.99. The molecule has 0 fully saturated rings. The number of hydrogen-bond donors (Lipinski definition) is 2. The predicted octanol–water partition coefficient (Wildman–Crippen LogP) is 3.76. The first-order valence-electron chi connectivity index (χ1n) is 9.99. The molecular weight excluding hydrogens is 406 g/mol. The number of hydrazone groups is 1. The van der Waals surface area contributed by atoms with Crippen LogP contribution >= 0.6 is 0 Å². The fraction of sp³-hybridized carbons (Fsp3) is 0.130. The number of aromatic amines is 1. The third kappa shape index (κ3) is 4.60. The molecular formula is C23H19N7O2. The molecule has 0 unspecified atom stereocenters. The SMILES string of the molecule is CCCc1nnc(-c2ccc(C=NNc3nc(-c4ccccc4)c(C#N)c(=O)[nH]3)cc2)o1. The van der Waals surface area contributed by atoms with Gasteiger partial charge in [-0.3, -0.25) is 9.78 Å². The van der Waals surface area contributed by atoms with Crippen LogP contribution < -0.4 is 11.0 Å². The highest BCUT2D eigenvalue weighted by molar-refractivity contribution is 5.81. The minimum absolute atomic E-state index is 0.0514. The van der Waals surface area contributed by atoms with Gasteiger partial charge in [-0.05, 0) is 24.1 Å². The van der Waals surface area contributed by atoms with E-state index in [2.05, 4.69) is 37.6 Å². The van der Waals surface area contributed by atoms with E-state index in [0.717, 1.165) is 24.0 Å². The minimum Gasteiger partial charge on any atom is -0.421 e. The van der Waals surface area contributed by atoms with E-state index in [1.807, 2.05) is 48.5 Å². The second-order valence-corrected chi connectivity index (χ2v) is 6.86. The van der Waals surface area contributed by atoms with Gasteiger partial charge in [-0.15, -0.1) is 10.2 Å². The smallest absolute Gasteiger partial charge is 0.270 e. The zero-order valence-electron chi connectivity index (χ0n) is 17.2. The molecule has 2 N–H and O–H groups in total. The molecule has 0 radical (unpaired) electrons. The Balaban J connectivity index is 1.50. The standard InChI is InChI=1S/C23H19N7O2/c1-2-6-19-28-29-22(32-19)17-11-9-15(10-12-17)14-25-30-23-26-20(16-7-4-3-5-8-16)18(13-24)21(31)27-23/h3-5,7-12,14H,2,6H2,1H3,(H2,26,27,30,31). The van der Waals surface area contributed by atoms with E-state index in [-0.39, 0.29) is 11.5 Å². The Bertz CT molecular complexity index is 1330. The number of anilines is 1. The molecule has 2 aromatic carbocycles. The summed E-state index contributed by atoms with van der Waals surface area (Å²) in [6.07, 6.45) is 3.28. The molecule has 0 bridgehead atoms. The number of benzene rings is 2. The van der Waals surface area contributed by atoms with Gasteiger partial charge >= 0.3 is 0 Å². The van der Waals surface area contributed by atoms with Crippen molar-refractivity contribution in [2.75, 3.05) is 5.43 Å². The quantitative estimate of drug-likeness (QED) is 0.340. The van der Waals surface area contributed by atoms with Crippen molar-refractivity contribution in [1.29, 1.82) is 5.26 Å². The van der Waals surface area contributed by atoms with Crippen LogP contribution in [0.5, 0.6) is 0 Å². The molecule has 2 heterocycles. The van der Waals surface area contributed by atoms with Crippen LogP contribution in [0.1, 0.15) is 30.4 Å². The Kier molecular flexibility index (Phi) is 6.13. The van der Waals surface area contributed by atoms with Gasteiger partial charge in [-0.2, -0.15) is 10.4 Å². The molecule has 9 heteroatoms. The molecule has 2 aromatic heterocycles. The van der Waals surface area contributed by atoms with E-state index in [1.54, 1.807) is 18.3 Å². The van der Waals surface area contributed by atoms with Crippen molar-refractivity contribution in [3.05, 3.63) is 82.0 Å². The molecule has 0 aliphatic carbocycles. The first-order chi connectivity index (χ1) is 15.7. The Morgan fingerprint density at radius 1 is 1.12 bits per heavy atom.